The molecule has 1 aromatic heterocycles. The number of hydrogen-bond donors (Lipinski definition) is 1. The first-order valence-electron chi connectivity index (χ1n) is 8.29. The second-order valence-electron chi connectivity index (χ2n) is 6.09. The number of rotatable bonds is 4. The second kappa shape index (κ2) is 7.56. The van der Waals surface area contributed by atoms with Crippen LogP contribution in [-0.2, 0) is 12.6 Å². The topological polar surface area (TPSA) is 70.7 Å². The lowest BCUT2D eigenvalue weighted by Crippen LogP contribution is -2.13. The summed E-state index contributed by atoms with van der Waals surface area (Å²) in [5.41, 5.74) is 1.46. The normalized spacial score (nSPS) is 11.1. The summed E-state index contributed by atoms with van der Waals surface area (Å²) >= 11 is 0. The Labute approximate surface area is 159 Å². The van der Waals surface area contributed by atoms with Crippen molar-refractivity contribution in [3.8, 4) is 11.8 Å². The van der Waals surface area contributed by atoms with Crippen molar-refractivity contribution in [1.29, 1.82) is 5.26 Å². The lowest BCUT2D eigenvalue weighted by molar-refractivity contribution is -0.137. The monoisotopic (exact) mass is 384 g/mol. The number of halogens is 3. The molecule has 0 bridgehead atoms. The molecule has 2 aromatic carbocycles. The number of carbonyl (C=O) groups excluding carboxylic acids is 1. The number of aromatic nitrogens is 2. The smallest absolute Gasteiger partial charge is 0.322 e. The molecular formula is C20H15F3N4O. The van der Waals surface area contributed by atoms with Gasteiger partial charge in [-0.1, -0.05) is 18.2 Å². The summed E-state index contributed by atoms with van der Waals surface area (Å²) in [6, 6.07) is 13.6. The largest absolute Gasteiger partial charge is 0.416 e. The van der Waals surface area contributed by atoms with Crippen LogP contribution in [0.3, 0.4) is 0 Å². The van der Waals surface area contributed by atoms with E-state index >= 15 is 0 Å². The number of amides is 1. The first-order valence-corrected chi connectivity index (χ1v) is 8.29. The molecule has 0 aliphatic carbocycles. The molecule has 142 valence electrons. The number of nitrogens with zero attached hydrogens (tertiary/aromatic N) is 3. The van der Waals surface area contributed by atoms with Crippen LogP contribution in [-0.4, -0.2) is 15.7 Å². The fourth-order valence-corrected chi connectivity index (χ4v) is 2.70. The number of benzene rings is 2. The molecule has 1 amide bonds. The van der Waals surface area contributed by atoms with E-state index in [-0.39, 0.29) is 17.7 Å². The molecule has 0 saturated carbocycles. The van der Waals surface area contributed by atoms with Crippen molar-refractivity contribution in [1.82, 2.24) is 9.78 Å². The summed E-state index contributed by atoms with van der Waals surface area (Å²) in [6.45, 7) is 1.61. The van der Waals surface area contributed by atoms with Crippen molar-refractivity contribution in [2.45, 2.75) is 19.5 Å². The van der Waals surface area contributed by atoms with Gasteiger partial charge in [0.15, 0.2) is 0 Å². The molecule has 0 aliphatic rings. The minimum absolute atomic E-state index is 0.215. The van der Waals surface area contributed by atoms with Gasteiger partial charge in [-0.05, 0) is 42.8 Å². The van der Waals surface area contributed by atoms with Crippen LogP contribution in [0, 0.1) is 18.3 Å². The zero-order chi connectivity index (χ0) is 20.3. The average Bonchev–Trinajstić information content (AvgIpc) is 3.04. The van der Waals surface area contributed by atoms with Crippen LogP contribution in [0.15, 0.2) is 54.7 Å². The van der Waals surface area contributed by atoms with Crippen LogP contribution in [0.4, 0.5) is 18.9 Å². The van der Waals surface area contributed by atoms with Crippen molar-refractivity contribution >= 4 is 11.6 Å². The lowest BCUT2D eigenvalue weighted by Gasteiger charge is -2.10. The van der Waals surface area contributed by atoms with Crippen LogP contribution in [0.2, 0.25) is 0 Å². The SMILES string of the molecule is Cc1c(C(=O)Nc2ccc(CC#N)cc2)cnn1-c1cccc(C(F)(F)F)c1. The Hall–Kier alpha value is -3.60. The van der Waals surface area contributed by atoms with E-state index < -0.39 is 17.6 Å². The third-order valence-electron chi connectivity index (χ3n) is 4.17. The van der Waals surface area contributed by atoms with Crippen LogP contribution < -0.4 is 5.32 Å². The van der Waals surface area contributed by atoms with Gasteiger partial charge in [0.25, 0.3) is 5.91 Å². The highest BCUT2D eigenvalue weighted by Crippen LogP contribution is 2.30. The van der Waals surface area contributed by atoms with Crippen molar-refractivity contribution in [3.05, 3.63) is 77.1 Å². The van der Waals surface area contributed by atoms with E-state index in [0.29, 0.717) is 11.4 Å². The van der Waals surface area contributed by atoms with Gasteiger partial charge in [0.1, 0.15) is 0 Å². The summed E-state index contributed by atoms with van der Waals surface area (Å²) in [4.78, 5) is 12.5. The Morgan fingerprint density at radius 1 is 1.21 bits per heavy atom. The van der Waals surface area contributed by atoms with Crippen LogP contribution in [0.25, 0.3) is 5.69 Å². The van der Waals surface area contributed by atoms with Gasteiger partial charge >= 0.3 is 6.18 Å². The molecule has 0 unspecified atom stereocenters. The van der Waals surface area contributed by atoms with Crippen molar-refractivity contribution in [2.75, 3.05) is 5.32 Å². The fourth-order valence-electron chi connectivity index (χ4n) is 2.70. The molecule has 5 nitrogen and oxygen atoms in total. The molecule has 0 fully saturated rings. The predicted octanol–water partition coefficient (Wildman–Crippen LogP) is 4.52. The van der Waals surface area contributed by atoms with Gasteiger partial charge in [-0.15, -0.1) is 0 Å². The van der Waals surface area contributed by atoms with E-state index in [1.54, 1.807) is 31.2 Å². The Balaban J connectivity index is 1.83. The van der Waals surface area contributed by atoms with Gasteiger partial charge in [0.05, 0.1) is 41.2 Å². The third-order valence-corrected chi connectivity index (χ3v) is 4.17. The molecule has 8 heteroatoms. The number of hydrogen-bond acceptors (Lipinski definition) is 3. The Morgan fingerprint density at radius 2 is 1.93 bits per heavy atom. The highest BCUT2D eigenvalue weighted by molar-refractivity contribution is 6.05. The zero-order valence-corrected chi connectivity index (χ0v) is 14.8. The highest BCUT2D eigenvalue weighted by atomic mass is 19.4. The molecule has 1 heterocycles. The van der Waals surface area contributed by atoms with Gasteiger partial charge in [-0.2, -0.15) is 23.5 Å². The van der Waals surface area contributed by atoms with E-state index in [1.165, 1.54) is 23.0 Å². The van der Waals surface area contributed by atoms with Crippen LogP contribution in [0.1, 0.15) is 27.2 Å². The molecule has 0 radical (unpaired) electrons. The van der Waals surface area contributed by atoms with Crippen LogP contribution in [0.5, 0.6) is 0 Å². The molecule has 1 N–H and O–H groups in total. The molecule has 0 spiro atoms. The van der Waals surface area contributed by atoms with Crippen molar-refractivity contribution in [2.24, 2.45) is 0 Å². The maximum atomic E-state index is 12.9. The molecule has 3 aromatic rings. The number of nitrogens with one attached hydrogen (secondary N) is 1. The zero-order valence-electron chi connectivity index (χ0n) is 14.8. The van der Waals surface area contributed by atoms with Crippen LogP contribution >= 0.6 is 0 Å². The summed E-state index contributed by atoms with van der Waals surface area (Å²) in [5, 5.41) is 15.5. The molecule has 3 rings (SSSR count). The van der Waals surface area contributed by atoms with Gasteiger partial charge in [-0.3, -0.25) is 4.79 Å². The lowest BCUT2D eigenvalue weighted by atomic mass is 10.1. The van der Waals surface area contributed by atoms with Gasteiger partial charge in [0.2, 0.25) is 0 Å². The first kappa shape index (κ1) is 19.2. The number of anilines is 1. The molecular weight excluding hydrogens is 369 g/mol. The fraction of sp³-hybridized carbons (Fsp3) is 0.150. The Kier molecular flexibility index (Phi) is 5.18. The predicted molar refractivity (Wildman–Crippen MR) is 97.0 cm³/mol. The summed E-state index contributed by atoms with van der Waals surface area (Å²) < 4.78 is 40.1. The minimum atomic E-state index is -4.46. The van der Waals surface area contributed by atoms with E-state index in [9.17, 15) is 18.0 Å². The molecule has 0 atom stereocenters. The number of carbonyl (C=O) groups is 1. The van der Waals surface area contributed by atoms with Gasteiger partial charge in [0, 0.05) is 5.69 Å². The van der Waals surface area contributed by atoms with Gasteiger partial charge in [-0.25, -0.2) is 4.68 Å². The Bertz CT molecular complexity index is 1050. The molecule has 0 aliphatic heterocycles. The summed E-state index contributed by atoms with van der Waals surface area (Å²) in [6.07, 6.45) is -2.87. The summed E-state index contributed by atoms with van der Waals surface area (Å²) in [5.74, 6) is -0.427. The Morgan fingerprint density at radius 3 is 2.57 bits per heavy atom. The van der Waals surface area contributed by atoms with E-state index in [4.69, 9.17) is 5.26 Å². The molecule has 28 heavy (non-hydrogen) atoms. The average molecular weight is 384 g/mol. The standard InChI is InChI=1S/C20H15F3N4O/c1-13-18(19(28)26-16-7-5-14(6-8-16)9-10-24)12-25-27(13)17-4-2-3-15(11-17)20(21,22)23/h2-8,11-12H,9H2,1H3,(H,26,28). The maximum Gasteiger partial charge on any atom is 0.416 e. The van der Waals surface area contributed by atoms with Crippen molar-refractivity contribution < 1.29 is 18.0 Å². The van der Waals surface area contributed by atoms with Gasteiger partial charge < -0.3 is 5.32 Å². The van der Waals surface area contributed by atoms with E-state index in [0.717, 1.165) is 17.7 Å². The third kappa shape index (κ3) is 4.04. The first-order chi connectivity index (χ1) is 13.3. The van der Waals surface area contributed by atoms with Crippen molar-refractivity contribution in [3.63, 3.8) is 0 Å². The second-order valence-corrected chi connectivity index (χ2v) is 6.09. The highest BCUT2D eigenvalue weighted by Gasteiger charge is 2.30. The van der Waals surface area contributed by atoms with E-state index in [1.807, 2.05) is 6.07 Å². The minimum Gasteiger partial charge on any atom is -0.322 e. The summed E-state index contributed by atoms with van der Waals surface area (Å²) in [7, 11) is 0. The number of nitriles is 1. The number of alkyl halides is 3. The van der Waals surface area contributed by atoms with E-state index in [2.05, 4.69) is 10.4 Å². The molecule has 0 saturated heterocycles. The maximum absolute atomic E-state index is 12.9. The quantitative estimate of drug-likeness (QED) is 0.719.